The van der Waals surface area contributed by atoms with Crippen LogP contribution in [0.25, 0.3) is 0 Å². The van der Waals surface area contributed by atoms with Crippen molar-refractivity contribution in [1.82, 2.24) is 0 Å². The van der Waals surface area contributed by atoms with Gasteiger partial charge >= 0.3 is 5.97 Å². The predicted octanol–water partition coefficient (Wildman–Crippen LogP) is 7.05. The van der Waals surface area contributed by atoms with E-state index in [1.54, 1.807) is 19.9 Å². The quantitative estimate of drug-likeness (QED) is 0.234. The second kappa shape index (κ2) is 15.4. The molecule has 8 nitrogen and oxygen atoms in total. The van der Waals surface area contributed by atoms with Crippen molar-refractivity contribution in [3.8, 4) is 0 Å². The Balaban J connectivity index is 1.97. The fourth-order valence-electron chi connectivity index (χ4n) is 8.99. The molecule has 0 aromatic heterocycles. The first-order valence-electron chi connectivity index (χ1n) is 18.7. The first-order chi connectivity index (χ1) is 22.8. The molecule has 0 spiro atoms. The van der Waals surface area contributed by atoms with Gasteiger partial charge in [0.05, 0.1) is 30.3 Å². The highest BCUT2D eigenvalue weighted by atomic mass is 16.5. The van der Waals surface area contributed by atoms with Crippen molar-refractivity contribution in [2.75, 3.05) is 7.11 Å². The molecule has 2 N–H and O–H groups in total. The smallest absolute Gasteiger partial charge is 0.313 e. The zero-order valence-electron chi connectivity index (χ0n) is 31.5. The van der Waals surface area contributed by atoms with Crippen molar-refractivity contribution >= 4 is 23.3 Å². The third-order valence-electron chi connectivity index (χ3n) is 12.4. The SMILES string of the molecule is COC(=O)[C@]12CC(=O)[C@H](C(C)C)CC(=O)[C@H](C)CCC[C@H](C)CC(=O)[C@H]1CC(C)=C1/C=C/[C@](C)(O)[C@H]3CC[C@@](C)(O)[C@H](CC/C(C)=C/[C@@H]12)O3. The van der Waals surface area contributed by atoms with Gasteiger partial charge < -0.3 is 19.7 Å². The van der Waals surface area contributed by atoms with Crippen LogP contribution in [0.15, 0.2) is 34.9 Å². The molecule has 0 radical (unpaired) electrons. The van der Waals surface area contributed by atoms with Crippen molar-refractivity contribution in [3.63, 3.8) is 0 Å². The number of aliphatic hydroxyl groups is 2. The van der Waals surface area contributed by atoms with Crippen molar-refractivity contribution in [2.24, 2.45) is 40.9 Å². The number of methoxy groups -OCH3 is 1. The highest BCUT2D eigenvalue weighted by Crippen LogP contribution is 2.55. The normalized spacial score (nSPS) is 42.1. The molecule has 10 atom stereocenters. The number of hydrogen-bond acceptors (Lipinski definition) is 8. The molecular weight excluding hydrogens is 620 g/mol. The molecule has 49 heavy (non-hydrogen) atoms. The second-order valence-electron chi connectivity index (χ2n) is 16.9. The summed E-state index contributed by atoms with van der Waals surface area (Å²) >= 11 is 0. The number of carbonyl (C=O) groups excluding carboxylic acids is 4. The molecule has 2 bridgehead atoms. The summed E-state index contributed by atoms with van der Waals surface area (Å²) in [5, 5.41) is 23.0. The molecular formula is C41H62O8. The van der Waals surface area contributed by atoms with Gasteiger partial charge in [0.25, 0.3) is 0 Å². The third kappa shape index (κ3) is 8.39. The highest BCUT2D eigenvalue weighted by Gasteiger charge is 2.59. The van der Waals surface area contributed by atoms with Gasteiger partial charge in [-0.15, -0.1) is 0 Å². The number of allylic oxidation sites excluding steroid dienone is 5. The van der Waals surface area contributed by atoms with Crippen LogP contribution in [0.2, 0.25) is 0 Å². The lowest BCUT2D eigenvalue weighted by atomic mass is 9.53. The van der Waals surface area contributed by atoms with Crippen molar-refractivity contribution in [3.05, 3.63) is 34.9 Å². The number of ketones is 3. The van der Waals surface area contributed by atoms with Crippen LogP contribution < -0.4 is 0 Å². The number of ether oxygens (including phenoxy) is 2. The summed E-state index contributed by atoms with van der Waals surface area (Å²) in [7, 11) is 1.32. The molecule has 8 heteroatoms. The maximum Gasteiger partial charge on any atom is 0.313 e. The molecule has 0 amide bonds. The first kappa shape index (κ1) is 39.4. The number of rotatable bonds is 2. The fraction of sp³-hybridized carbons (Fsp3) is 0.756. The van der Waals surface area contributed by atoms with E-state index in [1.807, 2.05) is 53.7 Å². The van der Waals surface area contributed by atoms with Crippen LogP contribution in [0.3, 0.4) is 0 Å². The Kier molecular flexibility index (Phi) is 12.4. The maximum absolute atomic E-state index is 14.6. The Hall–Kier alpha value is -2.42. The zero-order valence-corrected chi connectivity index (χ0v) is 31.5. The third-order valence-corrected chi connectivity index (χ3v) is 12.4. The molecule has 0 unspecified atom stereocenters. The average Bonchev–Trinajstić information content (AvgIpc) is 3.01. The molecule has 0 aromatic carbocycles. The summed E-state index contributed by atoms with van der Waals surface area (Å²) < 4.78 is 12.0. The minimum Gasteiger partial charge on any atom is -0.469 e. The molecule has 274 valence electrons. The van der Waals surface area contributed by atoms with Crippen LogP contribution >= 0.6 is 0 Å². The number of hydrogen-bond donors (Lipinski definition) is 2. The van der Waals surface area contributed by atoms with Gasteiger partial charge in [0.15, 0.2) is 0 Å². The molecule has 2 heterocycles. The number of esters is 1. The lowest BCUT2D eigenvalue weighted by Gasteiger charge is -2.48. The Morgan fingerprint density at radius 1 is 0.939 bits per heavy atom. The molecule has 2 aliphatic carbocycles. The molecule has 4 rings (SSSR count). The van der Waals surface area contributed by atoms with E-state index in [0.717, 1.165) is 36.0 Å². The van der Waals surface area contributed by atoms with Gasteiger partial charge in [-0.3, -0.25) is 19.2 Å². The molecule has 0 aromatic rings. The molecule has 2 aliphatic heterocycles. The second-order valence-corrected chi connectivity index (χ2v) is 16.9. The average molecular weight is 683 g/mol. The van der Waals surface area contributed by atoms with Gasteiger partial charge in [0, 0.05) is 42.9 Å². The largest absolute Gasteiger partial charge is 0.469 e. The Morgan fingerprint density at radius 2 is 1.63 bits per heavy atom. The summed E-state index contributed by atoms with van der Waals surface area (Å²) in [6, 6.07) is 0. The standard InChI is InChI=1S/C41H62O8/c1-24(2)30-22-33(42)27(5)12-10-11-25(3)20-34(43)32-21-28(6)29-15-17-39(7,46)37-16-18-40(8,47)36(49-37)14-13-26(4)19-31(29)41(32,23-35(30)44)38(45)48-9/h15,17,19,24-25,27,30-32,36-37,46-47H,10-14,16,18,20-23H2,1-9H3/b17-15+,26-19+/t25-,27+,30-,31-,32+,36-,37+,39-,40+,41-/m0/s1. The zero-order chi connectivity index (χ0) is 36.5. The Labute approximate surface area is 294 Å². The van der Waals surface area contributed by atoms with E-state index < -0.39 is 52.5 Å². The maximum atomic E-state index is 14.6. The van der Waals surface area contributed by atoms with E-state index >= 15 is 0 Å². The minimum absolute atomic E-state index is 0.0431. The Bertz CT molecular complexity index is 1360. The van der Waals surface area contributed by atoms with Crippen molar-refractivity contribution in [1.29, 1.82) is 0 Å². The topological polar surface area (TPSA) is 127 Å². The van der Waals surface area contributed by atoms with Gasteiger partial charge in [-0.05, 0) is 83.6 Å². The van der Waals surface area contributed by atoms with E-state index in [0.29, 0.717) is 25.7 Å². The van der Waals surface area contributed by atoms with Gasteiger partial charge in [0.1, 0.15) is 23.0 Å². The summed E-state index contributed by atoms with van der Waals surface area (Å²) in [6.07, 6.45) is 9.29. The lowest BCUT2D eigenvalue weighted by molar-refractivity contribution is -0.204. The monoisotopic (exact) mass is 682 g/mol. The minimum atomic E-state index is -1.55. The Morgan fingerprint density at radius 3 is 2.29 bits per heavy atom. The van der Waals surface area contributed by atoms with E-state index in [2.05, 4.69) is 0 Å². The summed E-state index contributed by atoms with van der Waals surface area (Å²) in [4.78, 5) is 57.2. The van der Waals surface area contributed by atoms with Crippen LogP contribution in [0.4, 0.5) is 0 Å². The van der Waals surface area contributed by atoms with Crippen LogP contribution in [0, 0.1) is 40.9 Å². The van der Waals surface area contributed by atoms with Gasteiger partial charge in [-0.25, -0.2) is 0 Å². The fourth-order valence-corrected chi connectivity index (χ4v) is 8.99. The van der Waals surface area contributed by atoms with Crippen LogP contribution in [-0.4, -0.2) is 64.1 Å². The molecule has 1 saturated carbocycles. The predicted molar refractivity (Wildman–Crippen MR) is 189 cm³/mol. The van der Waals surface area contributed by atoms with Crippen molar-refractivity contribution in [2.45, 2.75) is 149 Å². The van der Waals surface area contributed by atoms with Crippen LogP contribution in [0.1, 0.15) is 126 Å². The molecule has 4 aliphatic rings. The highest BCUT2D eigenvalue weighted by molar-refractivity contribution is 5.97. The number of fused-ring (bicyclic) bond motifs is 5. The van der Waals surface area contributed by atoms with E-state index in [4.69, 9.17) is 9.47 Å². The molecule has 2 fully saturated rings. The lowest BCUT2D eigenvalue weighted by Crippen LogP contribution is -2.54. The van der Waals surface area contributed by atoms with E-state index in [9.17, 15) is 29.4 Å². The van der Waals surface area contributed by atoms with Crippen molar-refractivity contribution < 1.29 is 38.9 Å². The summed E-state index contributed by atoms with van der Waals surface area (Å²) in [5.74, 6) is -3.17. The van der Waals surface area contributed by atoms with Crippen LogP contribution in [0.5, 0.6) is 0 Å². The number of carbonyl (C=O) groups is 4. The summed E-state index contributed by atoms with van der Waals surface area (Å²) in [6.45, 7) is 15.3. The van der Waals surface area contributed by atoms with Gasteiger partial charge in [-0.2, -0.15) is 0 Å². The summed E-state index contributed by atoms with van der Waals surface area (Å²) in [5.41, 5.74) is -1.35. The molecule has 1 saturated heterocycles. The van der Waals surface area contributed by atoms with E-state index in [-0.39, 0.29) is 60.8 Å². The van der Waals surface area contributed by atoms with Crippen LogP contribution in [-0.2, 0) is 28.7 Å². The number of Topliss-reactive ketones (excluding diaryl/α,β-unsaturated/α-hetero) is 3. The van der Waals surface area contributed by atoms with Gasteiger partial charge in [0.2, 0.25) is 0 Å². The first-order valence-corrected chi connectivity index (χ1v) is 18.7. The van der Waals surface area contributed by atoms with Gasteiger partial charge in [-0.1, -0.05) is 69.9 Å². The van der Waals surface area contributed by atoms with E-state index in [1.165, 1.54) is 7.11 Å².